The Bertz CT molecular complexity index is 958. The van der Waals surface area contributed by atoms with Crippen LogP contribution in [-0.2, 0) is 5.60 Å². The molecule has 22 heavy (non-hydrogen) atoms. The molecule has 2 aromatic carbocycles. The van der Waals surface area contributed by atoms with Gasteiger partial charge in [0.2, 0.25) is 0 Å². The first kappa shape index (κ1) is 13.6. The maximum absolute atomic E-state index is 10.6. The van der Waals surface area contributed by atoms with E-state index in [0.29, 0.717) is 0 Å². The number of fused-ring (bicyclic) bond motifs is 3. The number of thiophene rings is 1. The average Bonchev–Trinajstić information content (AvgIpc) is 3.10. The summed E-state index contributed by atoms with van der Waals surface area (Å²) in [5, 5.41) is 16.3. The minimum atomic E-state index is -0.886. The summed E-state index contributed by atoms with van der Waals surface area (Å²) in [5.41, 5.74) is 2.34. The number of rotatable bonds is 2. The fraction of sp³-hybridized carbons (Fsp3) is 0.158. The summed E-state index contributed by atoms with van der Waals surface area (Å²) < 4.78 is 2.27. The molecule has 0 unspecified atom stereocenters. The van der Waals surface area contributed by atoms with E-state index in [9.17, 15) is 5.11 Å². The molecule has 0 bridgehead atoms. The number of para-hydroxylation sites is 2. The van der Waals surface area contributed by atoms with E-state index in [1.54, 1.807) is 11.3 Å². The Morgan fingerprint density at radius 2 is 1.68 bits per heavy atom. The van der Waals surface area contributed by atoms with Gasteiger partial charge in [-0.2, -0.15) is 0 Å². The van der Waals surface area contributed by atoms with Crippen molar-refractivity contribution in [2.45, 2.75) is 19.4 Å². The minimum Gasteiger partial charge on any atom is -0.386 e. The van der Waals surface area contributed by atoms with Gasteiger partial charge in [0.15, 0.2) is 0 Å². The number of aliphatic hydroxyl groups is 1. The second kappa shape index (κ2) is 4.70. The van der Waals surface area contributed by atoms with Crippen molar-refractivity contribution in [2.24, 2.45) is 0 Å². The van der Waals surface area contributed by atoms with Gasteiger partial charge in [0.25, 0.3) is 0 Å². The van der Waals surface area contributed by atoms with Crippen LogP contribution in [0.25, 0.3) is 26.8 Å². The molecule has 0 spiro atoms. The third kappa shape index (κ3) is 1.90. The zero-order chi connectivity index (χ0) is 15.3. The van der Waals surface area contributed by atoms with Gasteiger partial charge in [-0.25, -0.2) is 0 Å². The summed E-state index contributed by atoms with van der Waals surface area (Å²) >= 11 is 1.71. The molecule has 3 heteroatoms. The van der Waals surface area contributed by atoms with Crippen LogP contribution in [0, 0.1) is 0 Å². The number of nitrogens with zero attached hydrogens (tertiary/aromatic N) is 1. The highest BCUT2D eigenvalue weighted by atomic mass is 32.1. The SMILES string of the molecule is CC(C)(O)c1cccc2c3ccccc3n(-c3cccs3)c12. The lowest BCUT2D eigenvalue weighted by Gasteiger charge is -2.20. The topological polar surface area (TPSA) is 25.2 Å². The number of benzene rings is 2. The van der Waals surface area contributed by atoms with Crippen LogP contribution in [0.1, 0.15) is 19.4 Å². The highest BCUT2D eigenvalue weighted by Crippen LogP contribution is 2.38. The zero-order valence-corrected chi connectivity index (χ0v) is 13.4. The van der Waals surface area contributed by atoms with Gasteiger partial charge in [0, 0.05) is 16.3 Å². The lowest BCUT2D eigenvalue weighted by Crippen LogP contribution is -2.16. The van der Waals surface area contributed by atoms with Crippen LogP contribution < -0.4 is 0 Å². The van der Waals surface area contributed by atoms with Crippen molar-refractivity contribution in [3.05, 3.63) is 65.5 Å². The maximum atomic E-state index is 10.6. The molecular weight excluding hydrogens is 290 g/mol. The summed E-state index contributed by atoms with van der Waals surface area (Å²) in [6.07, 6.45) is 0. The van der Waals surface area contributed by atoms with E-state index in [1.807, 2.05) is 26.0 Å². The van der Waals surface area contributed by atoms with Crippen molar-refractivity contribution < 1.29 is 5.11 Å². The van der Waals surface area contributed by atoms with Crippen molar-refractivity contribution in [3.63, 3.8) is 0 Å². The van der Waals surface area contributed by atoms with Gasteiger partial charge in [0.1, 0.15) is 0 Å². The van der Waals surface area contributed by atoms with E-state index in [0.717, 1.165) is 11.1 Å². The molecule has 0 aliphatic carbocycles. The van der Waals surface area contributed by atoms with Crippen LogP contribution in [0.15, 0.2) is 60.0 Å². The van der Waals surface area contributed by atoms with Gasteiger partial charge in [-0.1, -0.05) is 36.4 Å². The minimum absolute atomic E-state index is 0.886. The third-order valence-electron chi connectivity index (χ3n) is 4.08. The van der Waals surface area contributed by atoms with Gasteiger partial charge in [-0.15, -0.1) is 11.3 Å². The molecule has 4 rings (SSSR count). The second-order valence-corrected chi connectivity index (χ2v) is 6.99. The quantitative estimate of drug-likeness (QED) is 0.549. The van der Waals surface area contributed by atoms with Crippen molar-refractivity contribution in [1.29, 1.82) is 0 Å². The Morgan fingerprint density at radius 3 is 2.41 bits per heavy atom. The van der Waals surface area contributed by atoms with Crippen molar-refractivity contribution in [3.8, 4) is 5.00 Å². The summed E-state index contributed by atoms with van der Waals surface area (Å²) in [4.78, 5) is 0. The van der Waals surface area contributed by atoms with Crippen molar-refractivity contribution >= 4 is 33.1 Å². The first-order chi connectivity index (χ1) is 10.6. The molecule has 0 aliphatic heterocycles. The molecule has 4 aromatic rings. The molecule has 0 aliphatic rings. The van der Waals surface area contributed by atoms with Gasteiger partial charge < -0.3 is 9.67 Å². The van der Waals surface area contributed by atoms with E-state index < -0.39 is 5.60 Å². The molecule has 2 heterocycles. The average molecular weight is 307 g/mol. The number of hydrogen-bond acceptors (Lipinski definition) is 2. The second-order valence-electron chi connectivity index (χ2n) is 6.06. The molecule has 0 amide bonds. The number of aromatic nitrogens is 1. The Hall–Kier alpha value is -2.10. The lowest BCUT2D eigenvalue weighted by molar-refractivity contribution is 0.0799. The molecule has 2 nitrogen and oxygen atoms in total. The molecule has 0 saturated heterocycles. The standard InChI is InChI=1S/C19H17NOS/c1-19(2,21)15-9-5-8-14-13-7-3-4-10-16(13)20(18(14)15)17-11-6-12-22-17/h3-12,21H,1-2H3. The molecule has 110 valence electrons. The number of hydrogen-bond donors (Lipinski definition) is 1. The highest BCUT2D eigenvalue weighted by molar-refractivity contribution is 7.12. The van der Waals surface area contributed by atoms with Crippen LogP contribution in [0.2, 0.25) is 0 Å². The van der Waals surface area contributed by atoms with Gasteiger partial charge in [-0.3, -0.25) is 0 Å². The third-order valence-corrected chi connectivity index (χ3v) is 4.93. The summed E-state index contributed by atoms with van der Waals surface area (Å²) in [6, 6.07) is 18.8. The Morgan fingerprint density at radius 1 is 0.909 bits per heavy atom. The monoisotopic (exact) mass is 307 g/mol. The van der Waals surface area contributed by atoms with Gasteiger partial charge in [-0.05, 0) is 37.4 Å². The summed E-state index contributed by atoms with van der Waals surface area (Å²) in [6.45, 7) is 3.69. The van der Waals surface area contributed by atoms with E-state index in [2.05, 4.69) is 52.4 Å². The normalized spacial score (nSPS) is 12.3. The predicted molar refractivity (Wildman–Crippen MR) is 93.9 cm³/mol. The van der Waals surface area contributed by atoms with Crippen LogP contribution in [0.3, 0.4) is 0 Å². The van der Waals surface area contributed by atoms with E-state index in [4.69, 9.17) is 0 Å². The van der Waals surface area contributed by atoms with Crippen LogP contribution >= 0.6 is 11.3 Å². The Balaban J connectivity index is 2.27. The molecule has 0 fully saturated rings. The van der Waals surface area contributed by atoms with Crippen molar-refractivity contribution in [2.75, 3.05) is 0 Å². The fourth-order valence-corrected chi connectivity index (χ4v) is 3.89. The predicted octanol–water partition coefficient (Wildman–Crippen LogP) is 5.07. The Kier molecular flexibility index (Phi) is 2.90. The van der Waals surface area contributed by atoms with Crippen LogP contribution in [-0.4, -0.2) is 9.67 Å². The molecule has 2 aromatic heterocycles. The molecule has 0 radical (unpaired) electrons. The van der Waals surface area contributed by atoms with Crippen molar-refractivity contribution in [1.82, 2.24) is 4.57 Å². The maximum Gasteiger partial charge on any atom is 0.0999 e. The largest absolute Gasteiger partial charge is 0.386 e. The zero-order valence-electron chi connectivity index (χ0n) is 12.6. The molecule has 1 N–H and O–H groups in total. The van der Waals surface area contributed by atoms with Crippen LogP contribution in [0.4, 0.5) is 0 Å². The van der Waals surface area contributed by atoms with E-state index in [1.165, 1.54) is 21.3 Å². The highest BCUT2D eigenvalue weighted by Gasteiger charge is 2.23. The van der Waals surface area contributed by atoms with Gasteiger partial charge in [0.05, 0.1) is 21.6 Å². The molecular formula is C19H17NOS. The molecule has 0 saturated carbocycles. The van der Waals surface area contributed by atoms with E-state index in [-0.39, 0.29) is 0 Å². The summed E-state index contributed by atoms with van der Waals surface area (Å²) in [7, 11) is 0. The lowest BCUT2D eigenvalue weighted by atomic mass is 9.95. The Labute approximate surface area is 133 Å². The molecule has 0 atom stereocenters. The van der Waals surface area contributed by atoms with E-state index >= 15 is 0 Å². The first-order valence-corrected chi connectivity index (χ1v) is 8.24. The summed E-state index contributed by atoms with van der Waals surface area (Å²) in [5.74, 6) is 0. The smallest absolute Gasteiger partial charge is 0.0999 e. The van der Waals surface area contributed by atoms with Crippen LogP contribution in [0.5, 0.6) is 0 Å². The fourth-order valence-electron chi connectivity index (χ4n) is 3.14. The first-order valence-electron chi connectivity index (χ1n) is 7.36. The van der Waals surface area contributed by atoms with Gasteiger partial charge >= 0.3 is 0 Å².